The number of hydrogen-bond donors (Lipinski definition) is 0. The number of anilines is 2. The zero-order chi connectivity index (χ0) is 19.3. The first-order chi connectivity index (χ1) is 13.8. The Kier molecular flexibility index (Phi) is 5.64. The predicted molar refractivity (Wildman–Crippen MR) is 107 cm³/mol. The second kappa shape index (κ2) is 8.50. The molecule has 1 unspecified atom stereocenters. The average Bonchev–Trinajstić information content (AvgIpc) is 2.79. The van der Waals surface area contributed by atoms with Gasteiger partial charge in [0.1, 0.15) is 17.8 Å². The van der Waals surface area contributed by atoms with Crippen molar-refractivity contribution in [1.29, 1.82) is 0 Å². The molecule has 2 aromatic heterocycles. The van der Waals surface area contributed by atoms with Gasteiger partial charge in [-0.3, -0.25) is 4.79 Å². The Balaban J connectivity index is 1.43. The first-order valence-electron chi connectivity index (χ1n) is 10.2. The summed E-state index contributed by atoms with van der Waals surface area (Å²) in [5.41, 5.74) is 0.481. The van der Waals surface area contributed by atoms with Gasteiger partial charge in [-0.15, -0.1) is 0 Å². The van der Waals surface area contributed by atoms with Crippen LogP contribution >= 0.6 is 0 Å². The Morgan fingerprint density at radius 3 is 2.57 bits per heavy atom. The molecule has 4 heterocycles. The highest BCUT2D eigenvalue weighted by Gasteiger charge is 2.26. The molecule has 2 aromatic rings. The molecule has 1 atom stereocenters. The number of nitrogens with zero attached hydrogens (tertiary/aromatic N) is 7. The minimum Gasteiger partial charge on any atom is -0.354 e. The van der Waals surface area contributed by atoms with Crippen molar-refractivity contribution in [2.75, 3.05) is 42.5 Å². The normalized spacial score (nSPS) is 20.3. The van der Waals surface area contributed by atoms with Crippen LogP contribution in [0.15, 0.2) is 30.9 Å². The van der Waals surface area contributed by atoms with Crippen molar-refractivity contribution in [2.45, 2.75) is 38.6 Å². The van der Waals surface area contributed by atoms with Gasteiger partial charge in [0, 0.05) is 57.2 Å². The molecular formula is C20H27N7O. The molecule has 0 bridgehead atoms. The lowest BCUT2D eigenvalue weighted by Crippen LogP contribution is -2.49. The highest BCUT2D eigenvalue weighted by Crippen LogP contribution is 2.25. The summed E-state index contributed by atoms with van der Waals surface area (Å²) < 4.78 is 0. The lowest BCUT2D eigenvalue weighted by Gasteiger charge is -2.36. The van der Waals surface area contributed by atoms with Crippen LogP contribution in [0.5, 0.6) is 0 Å². The Bertz CT molecular complexity index is 792. The number of amides is 1. The van der Waals surface area contributed by atoms with E-state index in [9.17, 15) is 4.79 Å². The van der Waals surface area contributed by atoms with Crippen molar-refractivity contribution >= 4 is 17.7 Å². The molecule has 28 heavy (non-hydrogen) atoms. The zero-order valence-corrected chi connectivity index (χ0v) is 16.4. The van der Waals surface area contributed by atoms with Gasteiger partial charge in [0.2, 0.25) is 5.95 Å². The van der Waals surface area contributed by atoms with Crippen LogP contribution in [-0.2, 0) is 0 Å². The van der Waals surface area contributed by atoms with Crippen LogP contribution in [0.4, 0.5) is 11.8 Å². The third-order valence-corrected chi connectivity index (χ3v) is 5.67. The Morgan fingerprint density at radius 1 is 1.04 bits per heavy atom. The highest BCUT2D eigenvalue weighted by molar-refractivity contribution is 5.93. The monoisotopic (exact) mass is 381 g/mol. The Morgan fingerprint density at radius 2 is 1.82 bits per heavy atom. The fourth-order valence-electron chi connectivity index (χ4n) is 4.07. The molecule has 0 aliphatic carbocycles. The van der Waals surface area contributed by atoms with Gasteiger partial charge in [-0.1, -0.05) is 6.92 Å². The SMILES string of the molecule is CCC1CCCCN1c1cc(C(=O)N2CCN(c3ncccn3)CC2)ncn1. The molecule has 2 saturated heterocycles. The molecule has 0 radical (unpaired) electrons. The second-order valence-electron chi connectivity index (χ2n) is 7.34. The molecule has 0 N–H and O–H groups in total. The van der Waals surface area contributed by atoms with Crippen molar-refractivity contribution in [1.82, 2.24) is 24.8 Å². The third-order valence-electron chi connectivity index (χ3n) is 5.67. The number of hydrogen-bond acceptors (Lipinski definition) is 7. The zero-order valence-electron chi connectivity index (χ0n) is 16.4. The Hall–Kier alpha value is -2.77. The van der Waals surface area contributed by atoms with E-state index in [0.29, 0.717) is 24.8 Å². The third kappa shape index (κ3) is 3.90. The maximum atomic E-state index is 13.0. The maximum Gasteiger partial charge on any atom is 0.272 e. The summed E-state index contributed by atoms with van der Waals surface area (Å²) in [5, 5.41) is 0. The van der Waals surface area contributed by atoms with Gasteiger partial charge in [-0.2, -0.15) is 0 Å². The van der Waals surface area contributed by atoms with E-state index in [1.165, 1.54) is 25.6 Å². The van der Waals surface area contributed by atoms with Crippen molar-refractivity contribution < 1.29 is 4.79 Å². The van der Waals surface area contributed by atoms with Gasteiger partial charge >= 0.3 is 0 Å². The molecular weight excluding hydrogens is 354 g/mol. The maximum absolute atomic E-state index is 13.0. The van der Waals surface area contributed by atoms with Crippen LogP contribution in [0.2, 0.25) is 0 Å². The number of aromatic nitrogens is 4. The van der Waals surface area contributed by atoms with Gasteiger partial charge in [0.15, 0.2) is 0 Å². The summed E-state index contributed by atoms with van der Waals surface area (Å²) >= 11 is 0. The first-order valence-corrected chi connectivity index (χ1v) is 10.2. The van der Waals surface area contributed by atoms with Crippen LogP contribution in [0.3, 0.4) is 0 Å². The van der Waals surface area contributed by atoms with E-state index < -0.39 is 0 Å². The van der Waals surface area contributed by atoms with Crippen molar-refractivity contribution in [2.24, 2.45) is 0 Å². The fraction of sp³-hybridized carbons (Fsp3) is 0.550. The molecule has 8 heteroatoms. The van der Waals surface area contributed by atoms with Crippen molar-refractivity contribution in [3.05, 3.63) is 36.5 Å². The Labute approximate surface area is 165 Å². The molecule has 2 fully saturated rings. The standard InChI is InChI=1S/C20H27N7O/c1-2-16-6-3-4-9-27(16)18-14-17(23-15-24-18)19(28)25-10-12-26(13-11-25)20-21-7-5-8-22-20/h5,7-8,14-16H,2-4,6,9-13H2,1H3. The first kappa shape index (κ1) is 18.6. The van der Waals surface area contributed by atoms with E-state index >= 15 is 0 Å². The van der Waals surface area contributed by atoms with Crippen LogP contribution in [-0.4, -0.2) is 69.5 Å². The summed E-state index contributed by atoms with van der Waals surface area (Å²) in [6.07, 6.45) is 9.73. The number of rotatable bonds is 4. The quantitative estimate of drug-likeness (QED) is 0.801. The van der Waals surface area contributed by atoms with Gasteiger partial charge in [-0.25, -0.2) is 19.9 Å². The van der Waals surface area contributed by atoms with Gasteiger partial charge in [0.05, 0.1) is 0 Å². The molecule has 148 valence electrons. The van der Waals surface area contributed by atoms with Gasteiger partial charge < -0.3 is 14.7 Å². The summed E-state index contributed by atoms with van der Waals surface area (Å²) in [6.45, 7) is 5.93. The van der Waals surface area contributed by atoms with Crippen molar-refractivity contribution in [3.63, 3.8) is 0 Å². The highest BCUT2D eigenvalue weighted by atomic mass is 16.2. The summed E-state index contributed by atoms with van der Waals surface area (Å²) in [5.74, 6) is 1.57. The van der Waals surface area contributed by atoms with Crippen LogP contribution < -0.4 is 9.80 Å². The number of piperidine rings is 1. The van der Waals surface area contributed by atoms with E-state index in [-0.39, 0.29) is 5.91 Å². The van der Waals surface area contributed by atoms with Crippen LogP contribution in [0.1, 0.15) is 43.1 Å². The molecule has 1 amide bonds. The van der Waals surface area contributed by atoms with E-state index in [1.54, 1.807) is 18.5 Å². The molecule has 2 aliphatic heterocycles. The topological polar surface area (TPSA) is 78.4 Å². The molecule has 8 nitrogen and oxygen atoms in total. The van der Waals surface area contributed by atoms with Gasteiger partial charge in [0.25, 0.3) is 5.91 Å². The lowest BCUT2D eigenvalue weighted by molar-refractivity contribution is 0.0740. The smallest absolute Gasteiger partial charge is 0.272 e. The van der Waals surface area contributed by atoms with E-state index in [4.69, 9.17) is 0 Å². The fourth-order valence-corrected chi connectivity index (χ4v) is 4.07. The van der Waals surface area contributed by atoms with E-state index in [2.05, 4.69) is 36.7 Å². The molecule has 0 saturated carbocycles. The minimum atomic E-state index is -0.0256. The number of carbonyl (C=O) groups excluding carboxylic acids is 1. The minimum absolute atomic E-state index is 0.0256. The summed E-state index contributed by atoms with van der Waals surface area (Å²) in [4.78, 5) is 36.6. The second-order valence-corrected chi connectivity index (χ2v) is 7.34. The summed E-state index contributed by atoms with van der Waals surface area (Å²) in [6, 6.07) is 4.17. The average molecular weight is 381 g/mol. The number of carbonyl (C=O) groups is 1. The number of piperazine rings is 1. The lowest BCUT2D eigenvalue weighted by atomic mass is 10.00. The molecule has 2 aliphatic rings. The molecule has 4 rings (SSSR count). The summed E-state index contributed by atoms with van der Waals surface area (Å²) in [7, 11) is 0. The van der Waals surface area contributed by atoms with Gasteiger partial charge in [-0.05, 0) is 31.7 Å². The van der Waals surface area contributed by atoms with E-state index in [1.807, 2.05) is 11.0 Å². The van der Waals surface area contributed by atoms with Crippen molar-refractivity contribution in [3.8, 4) is 0 Å². The van der Waals surface area contributed by atoms with Crippen LogP contribution in [0.25, 0.3) is 0 Å². The largest absolute Gasteiger partial charge is 0.354 e. The van der Waals surface area contributed by atoms with Crippen LogP contribution in [0, 0.1) is 0 Å². The van der Waals surface area contributed by atoms with E-state index in [0.717, 1.165) is 37.8 Å². The molecule has 0 spiro atoms. The molecule has 0 aromatic carbocycles. The predicted octanol–water partition coefficient (Wildman–Crippen LogP) is 2.00.